The number of anilines is 3. The summed E-state index contributed by atoms with van der Waals surface area (Å²) in [5.41, 5.74) is 18.2. The van der Waals surface area contributed by atoms with E-state index in [2.05, 4.69) is 230 Å². The van der Waals surface area contributed by atoms with Crippen molar-refractivity contribution in [1.29, 1.82) is 0 Å². The molecule has 1 aliphatic carbocycles. The Kier molecular flexibility index (Phi) is 7.85. The lowest BCUT2D eigenvalue weighted by Gasteiger charge is -2.28. The van der Waals surface area contributed by atoms with Gasteiger partial charge in [0.05, 0.1) is 11.2 Å². The SMILES string of the molecule is CC1(C)c2ccccc2-c2ccc(N(c3ccc(-c4ccccc4)cc3)c3ccc(-c4cccc(-n5c(-c6ccccc6)cc6ccccc65)c4)cc3)cc21. The monoisotopic (exact) mass is 704 g/mol. The van der Waals surface area contributed by atoms with E-state index in [1.165, 1.54) is 66.7 Å². The van der Waals surface area contributed by atoms with Crippen LogP contribution in [0.5, 0.6) is 0 Å². The molecular weight excluding hydrogens is 665 g/mol. The molecule has 10 rings (SSSR count). The van der Waals surface area contributed by atoms with E-state index in [1.54, 1.807) is 0 Å². The lowest BCUT2D eigenvalue weighted by Crippen LogP contribution is -2.16. The van der Waals surface area contributed by atoms with Crippen molar-refractivity contribution in [3.8, 4) is 50.3 Å². The zero-order valence-electron chi connectivity index (χ0n) is 31.0. The standard InChI is InChI=1S/C53H40N2/c1-53(2)49-22-11-10-21-47(49)48-33-32-46(36-50(48)53)54(43-28-24-38(25-29-43)37-14-5-3-6-15-37)44-30-26-39(27-31-44)41-19-13-20-45(34-41)55-51-23-12-9-18-42(51)35-52(55)40-16-7-4-8-17-40/h3-36H,1-2H3. The van der Waals surface area contributed by atoms with Gasteiger partial charge in [0.1, 0.15) is 0 Å². The lowest BCUT2D eigenvalue weighted by atomic mass is 9.82. The Hall–Kier alpha value is -6.90. The molecule has 0 atom stereocenters. The summed E-state index contributed by atoms with van der Waals surface area (Å²) >= 11 is 0. The third kappa shape index (κ3) is 5.66. The smallest absolute Gasteiger partial charge is 0.0540 e. The van der Waals surface area contributed by atoms with Gasteiger partial charge in [0, 0.05) is 33.6 Å². The van der Waals surface area contributed by atoms with E-state index in [1.807, 2.05) is 0 Å². The molecule has 55 heavy (non-hydrogen) atoms. The summed E-state index contributed by atoms with van der Waals surface area (Å²) in [6.07, 6.45) is 0. The van der Waals surface area contributed by atoms with Crippen molar-refractivity contribution in [3.05, 3.63) is 217 Å². The van der Waals surface area contributed by atoms with Gasteiger partial charge in [-0.3, -0.25) is 0 Å². The Bertz CT molecular complexity index is 2810. The third-order valence-corrected chi connectivity index (χ3v) is 11.4. The van der Waals surface area contributed by atoms with Crippen LogP contribution < -0.4 is 4.90 Å². The number of nitrogens with zero attached hydrogens (tertiary/aromatic N) is 2. The minimum Gasteiger partial charge on any atom is -0.310 e. The normalized spacial score (nSPS) is 12.7. The van der Waals surface area contributed by atoms with Crippen molar-refractivity contribution in [1.82, 2.24) is 4.57 Å². The number of aromatic nitrogens is 1. The Labute approximate surface area is 323 Å². The fourth-order valence-electron chi connectivity index (χ4n) is 8.59. The van der Waals surface area contributed by atoms with E-state index in [4.69, 9.17) is 0 Å². The van der Waals surface area contributed by atoms with E-state index in [0.717, 1.165) is 22.7 Å². The zero-order chi connectivity index (χ0) is 36.9. The Morgan fingerprint density at radius 3 is 1.65 bits per heavy atom. The molecule has 0 saturated heterocycles. The summed E-state index contributed by atoms with van der Waals surface area (Å²) in [7, 11) is 0. The summed E-state index contributed by atoms with van der Waals surface area (Å²) < 4.78 is 2.39. The molecule has 2 heteroatoms. The highest BCUT2D eigenvalue weighted by atomic mass is 15.1. The van der Waals surface area contributed by atoms with Gasteiger partial charge in [0.25, 0.3) is 0 Å². The maximum atomic E-state index is 2.41. The number of benzene rings is 8. The Morgan fingerprint density at radius 1 is 0.382 bits per heavy atom. The van der Waals surface area contributed by atoms with Crippen LogP contribution in [0.15, 0.2) is 206 Å². The molecule has 9 aromatic rings. The molecule has 0 bridgehead atoms. The van der Waals surface area contributed by atoms with Crippen molar-refractivity contribution in [2.24, 2.45) is 0 Å². The number of hydrogen-bond acceptors (Lipinski definition) is 1. The molecular formula is C53H40N2. The van der Waals surface area contributed by atoms with Crippen molar-refractivity contribution >= 4 is 28.0 Å². The molecule has 2 nitrogen and oxygen atoms in total. The van der Waals surface area contributed by atoms with Crippen molar-refractivity contribution in [2.75, 3.05) is 4.90 Å². The van der Waals surface area contributed by atoms with Crippen LogP contribution in [-0.4, -0.2) is 4.57 Å². The molecule has 1 aromatic heterocycles. The van der Waals surface area contributed by atoms with Crippen molar-refractivity contribution in [3.63, 3.8) is 0 Å². The number of rotatable bonds is 7. The summed E-state index contributed by atoms with van der Waals surface area (Å²) in [4.78, 5) is 2.40. The molecule has 0 fully saturated rings. The largest absolute Gasteiger partial charge is 0.310 e. The van der Waals surface area contributed by atoms with Gasteiger partial charge in [-0.15, -0.1) is 0 Å². The fourth-order valence-corrected chi connectivity index (χ4v) is 8.59. The van der Waals surface area contributed by atoms with E-state index >= 15 is 0 Å². The highest BCUT2D eigenvalue weighted by Gasteiger charge is 2.35. The molecule has 0 amide bonds. The first-order valence-corrected chi connectivity index (χ1v) is 19.1. The summed E-state index contributed by atoms with van der Waals surface area (Å²) in [5.74, 6) is 0. The van der Waals surface area contributed by atoms with E-state index < -0.39 is 0 Å². The van der Waals surface area contributed by atoms with Crippen LogP contribution in [0.3, 0.4) is 0 Å². The first-order chi connectivity index (χ1) is 27.0. The molecule has 0 N–H and O–H groups in total. The summed E-state index contributed by atoms with van der Waals surface area (Å²) in [6.45, 7) is 4.70. The molecule has 0 radical (unpaired) electrons. The quantitative estimate of drug-likeness (QED) is 0.160. The first-order valence-electron chi connectivity index (χ1n) is 19.1. The van der Waals surface area contributed by atoms with Gasteiger partial charge >= 0.3 is 0 Å². The van der Waals surface area contributed by atoms with Crippen LogP contribution >= 0.6 is 0 Å². The Balaban J connectivity index is 1.05. The molecule has 262 valence electrons. The molecule has 8 aromatic carbocycles. The van der Waals surface area contributed by atoms with E-state index in [9.17, 15) is 0 Å². The number of para-hydroxylation sites is 1. The predicted molar refractivity (Wildman–Crippen MR) is 232 cm³/mol. The van der Waals surface area contributed by atoms with E-state index in [0.29, 0.717) is 0 Å². The van der Waals surface area contributed by atoms with Crippen molar-refractivity contribution < 1.29 is 0 Å². The van der Waals surface area contributed by atoms with Gasteiger partial charge in [-0.2, -0.15) is 0 Å². The summed E-state index contributed by atoms with van der Waals surface area (Å²) in [5, 5.41) is 1.23. The zero-order valence-corrected chi connectivity index (χ0v) is 31.0. The van der Waals surface area contributed by atoms with Crippen LogP contribution in [0.25, 0.3) is 61.2 Å². The minimum absolute atomic E-state index is 0.0922. The highest BCUT2D eigenvalue weighted by Crippen LogP contribution is 2.50. The number of fused-ring (bicyclic) bond motifs is 4. The first kappa shape index (κ1) is 32.7. The fraction of sp³-hybridized carbons (Fsp3) is 0.0566. The van der Waals surface area contributed by atoms with Crippen LogP contribution in [0, 0.1) is 0 Å². The average molecular weight is 705 g/mol. The molecule has 0 saturated carbocycles. The molecule has 1 heterocycles. The number of hydrogen-bond donors (Lipinski definition) is 0. The van der Waals surface area contributed by atoms with Gasteiger partial charge in [-0.25, -0.2) is 0 Å². The van der Waals surface area contributed by atoms with Gasteiger partial charge in [-0.1, -0.05) is 159 Å². The lowest BCUT2D eigenvalue weighted by molar-refractivity contribution is 0.660. The molecule has 0 unspecified atom stereocenters. The predicted octanol–water partition coefficient (Wildman–Crippen LogP) is 14.4. The topological polar surface area (TPSA) is 8.17 Å². The van der Waals surface area contributed by atoms with Crippen molar-refractivity contribution in [2.45, 2.75) is 19.3 Å². The van der Waals surface area contributed by atoms with Crippen LogP contribution in [0.2, 0.25) is 0 Å². The summed E-state index contributed by atoms with van der Waals surface area (Å²) in [6, 6.07) is 75.0. The van der Waals surface area contributed by atoms with Gasteiger partial charge in [0.2, 0.25) is 0 Å². The second kappa shape index (κ2) is 13.2. The van der Waals surface area contributed by atoms with Gasteiger partial charge in [0.15, 0.2) is 0 Å². The van der Waals surface area contributed by atoms with Gasteiger partial charge in [-0.05, 0) is 111 Å². The van der Waals surface area contributed by atoms with Crippen LogP contribution in [0.1, 0.15) is 25.0 Å². The highest BCUT2D eigenvalue weighted by molar-refractivity contribution is 5.90. The van der Waals surface area contributed by atoms with Crippen LogP contribution in [0.4, 0.5) is 17.1 Å². The molecule has 0 aliphatic heterocycles. The maximum Gasteiger partial charge on any atom is 0.0540 e. The maximum absolute atomic E-state index is 2.41. The Morgan fingerprint density at radius 2 is 0.927 bits per heavy atom. The third-order valence-electron chi connectivity index (χ3n) is 11.4. The minimum atomic E-state index is -0.0922. The molecule has 1 aliphatic rings. The second-order valence-electron chi connectivity index (χ2n) is 15.0. The average Bonchev–Trinajstić information content (AvgIpc) is 3.75. The second-order valence-corrected chi connectivity index (χ2v) is 15.0. The van der Waals surface area contributed by atoms with Gasteiger partial charge < -0.3 is 9.47 Å². The molecule has 0 spiro atoms. The van der Waals surface area contributed by atoms with Crippen LogP contribution in [-0.2, 0) is 5.41 Å². The van der Waals surface area contributed by atoms with E-state index in [-0.39, 0.29) is 5.41 Å².